The summed E-state index contributed by atoms with van der Waals surface area (Å²) in [6, 6.07) is 0.754. The van der Waals surface area contributed by atoms with Gasteiger partial charge in [0.2, 0.25) is 0 Å². The van der Waals surface area contributed by atoms with Gasteiger partial charge in [0.05, 0.1) is 12.0 Å². The van der Waals surface area contributed by atoms with E-state index in [0.29, 0.717) is 6.04 Å². The average Bonchev–Trinajstić information content (AvgIpc) is 2.87. The van der Waals surface area contributed by atoms with Crippen LogP contribution in [-0.2, 0) is 0 Å². The highest BCUT2D eigenvalue weighted by molar-refractivity contribution is 7.99. The lowest BCUT2D eigenvalue weighted by Crippen LogP contribution is -2.23. The lowest BCUT2D eigenvalue weighted by molar-refractivity contribution is 0.347. The second-order valence-corrected chi connectivity index (χ2v) is 6.04. The summed E-state index contributed by atoms with van der Waals surface area (Å²) in [5.41, 5.74) is 7.34. The highest BCUT2D eigenvalue weighted by atomic mass is 32.2. The summed E-state index contributed by atoms with van der Waals surface area (Å²) in [6.45, 7) is 2.13. The van der Waals surface area contributed by atoms with Gasteiger partial charge in [-0.2, -0.15) is 11.8 Å². The zero-order valence-electron chi connectivity index (χ0n) is 10.8. The van der Waals surface area contributed by atoms with Crippen molar-refractivity contribution in [3.05, 3.63) is 18.2 Å². The Bertz CT molecular complexity index is 342. The molecule has 2 N–H and O–H groups in total. The van der Waals surface area contributed by atoms with Gasteiger partial charge in [0, 0.05) is 23.5 Å². The van der Waals surface area contributed by atoms with Crippen LogP contribution in [0.1, 0.15) is 56.8 Å². The number of nitrogens with zero attached hydrogens (tertiary/aromatic N) is 2. The summed E-state index contributed by atoms with van der Waals surface area (Å²) in [5, 5.41) is 0.859. The van der Waals surface area contributed by atoms with E-state index in [4.69, 9.17) is 5.73 Å². The van der Waals surface area contributed by atoms with Gasteiger partial charge in [-0.05, 0) is 38.4 Å². The molecule has 0 saturated heterocycles. The number of imidazole rings is 1. The fourth-order valence-electron chi connectivity index (χ4n) is 2.68. The van der Waals surface area contributed by atoms with Crippen LogP contribution in [0, 0.1) is 0 Å². The fourth-order valence-corrected chi connectivity index (χ4v) is 3.42. The normalized spacial score (nSPS) is 27.0. The zero-order chi connectivity index (χ0) is 12.3. The summed E-state index contributed by atoms with van der Waals surface area (Å²) in [5.74, 6) is 0. The van der Waals surface area contributed by atoms with Gasteiger partial charge in [-0.3, -0.25) is 0 Å². The van der Waals surface area contributed by atoms with Crippen LogP contribution < -0.4 is 5.73 Å². The smallest absolute Gasteiger partial charge is 0.0951 e. The summed E-state index contributed by atoms with van der Waals surface area (Å²) in [4.78, 5) is 4.28. The van der Waals surface area contributed by atoms with E-state index in [1.54, 1.807) is 0 Å². The Labute approximate surface area is 108 Å². The Kier molecular flexibility index (Phi) is 4.51. The molecule has 1 fully saturated rings. The molecule has 3 nitrogen and oxygen atoms in total. The number of hydrogen-bond acceptors (Lipinski definition) is 3. The minimum atomic E-state index is 0.135. The molecule has 2 rings (SSSR count). The third-order valence-electron chi connectivity index (χ3n) is 3.89. The first kappa shape index (κ1) is 13.0. The molecular formula is C13H23N3S. The van der Waals surface area contributed by atoms with Crippen molar-refractivity contribution < 1.29 is 0 Å². The van der Waals surface area contributed by atoms with Gasteiger partial charge in [-0.1, -0.05) is 6.92 Å². The molecule has 96 valence electrons. The van der Waals surface area contributed by atoms with Crippen molar-refractivity contribution in [2.75, 3.05) is 6.26 Å². The van der Waals surface area contributed by atoms with E-state index in [-0.39, 0.29) is 6.04 Å². The van der Waals surface area contributed by atoms with Gasteiger partial charge in [0.1, 0.15) is 0 Å². The first-order valence-electron chi connectivity index (χ1n) is 6.56. The van der Waals surface area contributed by atoms with Crippen LogP contribution >= 0.6 is 11.8 Å². The summed E-state index contributed by atoms with van der Waals surface area (Å²) < 4.78 is 2.32. The van der Waals surface area contributed by atoms with Crippen LogP contribution in [0.4, 0.5) is 0 Å². The van der Waals surface area contributed by atoms with Gasteiger partial charge in [-0.25, -0.2) is 4.98 Å². The molecule has 1 aromatic heterocycles. The van der Waals surface area contributed by atoms with Crippen molar-refractivity contribution in [3.63, 3.8) is 0 Å². The summed E-state index contributed by atoms with van der Waals surface area (Å²) >= 11 is 2.01. The van der Waals surface area contributed by atoms with E-state index in [9.17, 15) is 0 Å². The Morgan fingerprint density at radius 3 is 2.76 bits per heavy atom. The maximum absolute atomic E-state index is 6.13. The Balaban J connectivity index is 2.05. The number of aromatic nitrogens is 2. The van der Waals surface area contributed by atoms with Crippen LogP contribution in [0.25, 0.3) is 0 Å². The van der Waals surface area contributed by atoms with Crippen LogP contribution in [0.3, 0.4) is 0 Å². The van der Waals surface area contributed by atoms with Gasteiger partial charge >= 0.3 is 0 Å². The van der Waals surface area contributed by atoms with E-state index in [1.165, 1.54) is 31.4 Å². The third kappa shape index (κ3) is 2.86. The van der Waals surface area contributed by atoms with Gasteiger partial charge < -0.3 is 10.3 Å². The molecular weight excluding hydrogens is 230 g/mol. The molecule has 1 aliphatic rings. The lowest BCUT2D eigenvalue weighted by Gasteiger charge is -2.30. The van der Waals surface area contributed by atoms with Crippen LogP contribution in [-0.4, -0.2) is 21.1 Å². The lowest BCUT2D eigenvalue weighted by atomic mass is 9.94. The van der Waals surface area contributed by atoms with E-state index < -0.39 is 0 Å². The molecule has 1 saturated carbocycles. The second-order valence-electron chi connectivity index (χ2n) is 4.91. The van der Waals surface area contributed by atoms with Crippen LogP contribution in [0.5, 0.6) is 0 Å². The maximum Gasteiger partial charge on any atom is 0.0951 e. The van der Waals surface area contributed by atoms with Crippen molar-refractivity contribution in [1.29, 1.82) is 0 Å². The van der Waals surface area contributed by atoms with Crippen molar-refractivity contribution >= 4 is 11.8 Å². The molecule has 0 unspecified atom stereocenters. The van der Waals surface area contributed by atoms with E-state index in [1.807, 2.05) is 24.3 Å². The van der Waals surface area contributed by atoms with Gasteiger partial charge in [0.15, 0.2) is 0 Å². The average molecular weight is 253 g/mol. The molecule has 0 aliphatic heterocycles. The molecule has 4 heteroatoms. The number of nitrogens with two attached hydrogens (primary N) is 1. The third-order valence-corrected chi connectivity index (χ3v) is 5.02. The Morgan fingerprint density at radius 1 is 1.47 bits per heavy atom. The van der Waals surface area contributed by atoms with Crippen molar-refractivity contribution in [1.82, 2.24) is 9.55 Å². The minimum Gasteiger partial charge on any atom is -0.330 e. The Hall–Kier alpha value is -0.480. The van der Waals surface area contributed by atoms with Gasteiger partial charge in [0.25, 0.3) is 0 Å². The quantitative estimate of drug-likeness (QED) is 0.896. The molecule has 0 radical (unpaired) electrons. The van der Waals surface area contributed by atoms with Crippen molar-refractivity contribution in [2.24, 2.45) is 5.73 Å². The number of hydrogen-bond donors (Lipinski definition) is 1. The predicted molar refractivity (Wildman–Crippen MR) is 74.3 cm³/mol. The zero-order valence-corrected chi connectivity index (χ0v) is 11.6. The van der Waals surface area contributed by atoms with E-state index >= 15 is 0 Å². The predicted octanol–water partition coefficient (Wildman–Crippen LogP) is 3.14. The standard InChI is InChI=1S/C13H23N3S/c1-3-12(14)13-8-15-9-16(13)10-4-6-11(17-2)7-5-10/h8-12H,3-7,14H2,1-2H3/t10?,11?,12-/m1/s1. The highest BCUT2D eigenvalue weighted by Gasteiger charge is 2.23. The number of thioether (sulfide) groups is 1. The fraction of sp³-hybridized carbons (Fsp3) is 0.769. The monoisotopic (exact) mass is 253 g/mol. The largest absolute Gasteiger partial charge is 0.330 e. The van der Waals surface area contributed by atoms with Gasteiger partial charge in [-0.15, -0.1) is 0 Å². The van der Waals surface area contributed by atoms with Crippen molar-refractivity contribution in [3.8, 4) is 0 Å². The van der Waals surface area contributed by atoms with E-state index in [2.05, 4.69) is 22.7 Å². The summed E-state index contributed by atoms with van der Waals surface area (Å²) in [6.07, 6.45) is 12.3. The first-order chi connectivity index (χ1) is 8.26. The second kappa shape index (κ2) is 5.91. The van der Waals surface area contributed by atoms with Crippen LogP contribution in [0.15, 0.2) is 12.5 Å². The molecule has 0 amide bonds. The maximum atomic E-state index is 6.13. The SMILES string of the molecule is CC[C@@H](N)c1cncn1C1CCC(SC)CC1. The molecule has 0 aromatic carbocycles. The minimum absolute atomic E-state index is 0.135. The summed E-state index contributed by atoms with van der Waals surface area (Å²) in [7, 11) is 0. The number of rotatable bonds is 4. The highest BCUT2D eigenvalue weighted by Crippen LogP contribution is 2.34. The molecule has 17 heavy (non-hydrogen) atoms. The molecule has 1 heterocycles. The van der Waals surface area contributed by atoms with Crippen molar-refractivity contribution in [2.45, 2.75) is 56.4 Å². The molecule has 1 aromatic rings. The first-order valence-corrected chi connectivity index (χ1v) is 7.85. The van der Waals surface area contributed by atoms with Crippen LogP contribution in [0.2, 0.25) is 0 Å². The topological polar surface area (TPSA) is 43.8 Å². The Morgan fingerprint density at radius 2 is 2.18 bits per heavy atom. The molecule has 0 spiro atoms. The van der Waals surface area contributed by atoms with E-state index in [0.717, 1.165) is 11.7 Å². The molecule has 0 bridgehead atoms. The molecule has 1 aliphatic carbocycles. The molecule has 1 atom stereocenters.